The van der Waals surface area contributed by atoms with Gasteiger partial charge in [0.05, 0.1) is 0 Å². The Hall–Kier alpha value is -2.46. The molecular formula is C18H12BrNO2. The Morgan fingerprint density at radius 2 is 1.64 bits per heavy atom. The molecule has 2 aromatic rings. The molecule has 1 aliphatic heterocycles. The second kappa shape index (κ2) is 6.54. The summed E-state index contributed by atoms with van der Waals surface area (Å²) in [6, 6.07) is 17.4. The number of ether oxygens (including phenoxy) is 1. The van der Waals surface area contributed by atoms with E-state index in [9.17, 15) is 4.79 Å². The quantitative estimate of drug-likeness (QED) is 0.603. The fourth-order valence-corrected chi connectivity index (χ4v) is 2.21. The standard InChI is InChI=1S/C18H12BrNO2/c19-15-9-6-14(7-10-15)12-16-18(21)22-17(20-16)11-8-13-4-2-1-3-5-13/h1-12H/b11-8+,16-12+. The van der Waals surface area contributed by atoms with E-state index in [1.54, 1.807) is 12.2 Å². The second-order valence-electron chi connectivity index (χ2n) is 4.66. The molecule has 0 fully saturated rings. The molecule has 0 unspecified atom stereocenters. The van der Waals surface area contributed by atoms with E-state index in [4.69, 9.17) is 4.74 Å². The third kappa shape index (κ3) is 3.59. The Morgan fingerprint density at radius 3 is 2.36 bits per heavy atom. The molecule has 0 aliphatic carbocycles. The summed E-state index contributed by atoms with van der Waals surface area (Å²) in [5.74, 6) is -0.132. The molecule has 0 atom stereocenters. The number of carbonyl (C=O) groups excluding carboxylic acids is 1. The van der Waals surface area contributed by atoms with E-state index in [1.165, 1.54) is 0 Å². The smallest absolute Gasteiger partial charge is 0.363 e. The van der Waals surface area contributed by atoms with Gasteiger partial charge in [-0.2, -0.15) is 0 Å². The largest absolute Gasteiger partial charge is 0.403 e. The molecule has 0 saturated heterocycles. The molecule has 0 radical (unpaired) electrons. The second-order valence-corrected chi connectivity index (χ2v) is 5.58. The molecule has 108 valence electrons. The number of hydrogen-bond donors (Lipinski definition) is 0. The Kier molecular flexibility index (Phi) is 4.30. The van der Waals surface area contributed by atoms with E-state index >= 15 is 0 Å². The van der Waals surface area contributed by atoms with E-state index in [0.717, 1.165) is 15.6 Å². The molecule has 2 aromatic carbocycles. The van der Waals surface area contributed by atoms with Crippen molar-refractivity contribution in [3.8, 4) is 0 Å². The zero-order valence-corrected chi connectivity index (χ0v) is 13.2. The van der Waals surface area contributed by atoms with Crippen LogP contribution in [0.5, 0.6) is 0 Å². The van der Waals surface area contributed by atoms with Gasteiger partial charge in [-0.3, -0.25) is 0 Å². The van der Waals surface area contributed by atoms with Crippen molar-refractivity contribution >= 4 is 39.9 Å². The number of benzene rings is 2. The molecule has 0 saturated carbocycles. The number of carbonyl (C=O) groups is 1. The normalized spacial score (nSPS) is 16.1. The van der Waals surface area contributed by atoms with Crippen LogP contribution in [-0.4, -0.2) is 11.9 Å². The molecule has 3 rings (SSSR count). The summed E-state index contributed by atoms with van der Waals surface area (Å²) in [7, 11) is 0. The van der Waals surface area contributed by atoms with Crippen LogP contribution >= 0.6 is 15.9 Å². The number of hydrogen-bond acceptors (Lipinski definition) is 3. The predicted molar refractivity (Wildman–Crippen MR) is 91.1 cm³/mol. The highest BCUT2D eigenvalue weighted by molar-refractivity contribution is 9.10. The van der Waals surface area contributed by atoms with E-state index in [2.05, 4.69) is 20.9 Å². The molecule has 0 aromatic heterocycles. The highest BCUT2D eigenvalue weighted by atomic mass is 79.9. The Bertz CT molecular complexity index is 774. The third-order valence-electron chi connectivity index (χ3n) is 3.03. The average Bonchev–Trinajstić information content (AvgIpc) is 2.89. The van der Waals surface area contributed by atoms with Gasteiger partial charge in [-0.1, -0.05) is 58.4 Å². The first-order valence-electron chi connectivity index (χ1n) is 6.72. The number of aliphatic imine (C=N–C) groups is 1. The highest BCUT2D eigenvalue weighted by Gasteiger charge is 2.20. The van der Waals surface area contributed by atoms with Gasteiger partial charge in [-0.15, -0.1) is 0 Å². The summed E-state index contributed by atoms with van der Waals surface area (Å²) in [5, 5.41) is 0. The molecule has 0 spiro atoms. The lowest BCUT2D eigenvalue weighted by Crippen LogP contribution is -2.01. The monoisotopic (exact) mass is 353 g/mol. The minimum absolute atomic E-state index is 0.301. The van der Waals surface area contributed by atoms with Crippen LogP contribution in [0.1, 0.15) is 11.1 Å². The van der Waals surface area contributed by atoms with Crippen LogP contribution in [0.4, 0.5) is 0 Å². The fraction of sp³-hybridized carbons (Fsp3) is 0. The average molecular weight is 354 g/mol. The summed E-state index contributed by atoms with van der Waals surface area (Å²) in [6.45, 7) is 0. The lowest BCUT2D eigenvalue weighted by Gasteiger charge is -1.94. The van der Waals surface area contributed by atoms with Crippen LogP contribution in [-0.2, 0) is 9.53 Å². The van der Waals surface area contributed by atoms with Crippen molar-refractivity contribution in [2.45, 2.75) is 0 Å². The third-order valence-corrected chi connectivity index (χ3v) is 3.56. The molecule has 0 bridgehead atoms. The van der Waals surface area contributed by atoms with Gasteiger partial charge in [-0.25, -0.2) is 9.79 Å². The summed E-state index contributed by atoms with van der Waals surface area (Å²) in [5.41, 5.74) is 2.22. The predicted octanol–water partition coefficient (Wildman–Crippen LogP) is 4.46. The van der Waals surface area contributed by atoms with Gasteiger partial charge in [0, 0.05) is 10.5 Å². The van der Waals surface area contributed by atoms with Crippen molar-refractivity contribution < 1.29 is 9.53 Å². The molecule has 22 heavy (non-hydrogen) atoms. The van der Waals surface area contributed by atoms with Gasteiger partial charge in [0.15, 0.2) is 5.70 Å². The van der Waals surface area contributed by atoms with Crippen LogP contribution in [0.3, 0.4) is 0 Å². The lowest BCUT2D eigenvalue weighted by atomic mass is 10.2. The van der Waals surface area contributed by atoms with Gasteiger partial charge in [-0.05, 0) is 35.4 Å². The first-order chi connectivity index (χ1) is 10.7. The van der Waals surface area contributed by atoms with Crippen LogP contribution in [0.2, 0.25) is 0 Å². The summed E-state index contributed by atoms with van der Waals surface area (Å²) in [4.78, 5) is 16.0. The first kappa shape index (κ1) is 14.5. The fourth-order valence-electron chi connectivity index (χ4n) is 1.95. The summed E-state index contributed by atoms with van der Waals surface area (Å²) < 4.78 is 6.12. The Morgan fingerprint density at radius 1 is 0.909 bits per heavy atom. The van der Waals surface area contributed by atoms with Crippen LogP contribution in [0.25, 0.3) is 12.2 Å². The number of halogens is 1. The van der Waals surface area contributed by atoms with Gasteiger partial charge in [0.25, 0.3) is 0 Å². The van der Waals surface area contributed by atoms with Crippen molar-refractivity contribution in [1.82, 2.24) is 0 Å². The van der Waals surface area contributed by atoms with Gasteiger partial charge >= 0.3 is 5.97 Å². The number of nitrogens with zero attached hydrogens (tertiary/aromatic N) is 1. The molecule has 0 amide bonds. The van der Waals surface area contributed by atoms with Crippen molar-refractivity contribution in [2.24, 2.45) is 4.99 Å². The lowest BCUT2D eigenvalue weighted by molar-refractivity contribution is -0.129. The summed E-state index contributed by atoms with van der Waals surface area (Å²) in [6.07, 6.45) is 5.25. The van der Waals surface area contributed by atoms with E-state index in [0.29, 0.717) is 11.6 Å². The van der Waals surface area contributed by atoms with Crippen LogP contribution in [0.15, 0.2) is 75.8 Å². The Labute approximate surface area is 136 Å². The van der Waals surface area contributed by atoms with E-state index in [1.807, 2.05) is 60.7 Å². The molecular weight excluding hydrogens is 342 g/mol. The van der Waals surface area contributed by atoms with Crippen molar-refractivity contribution in [3.63, 3.8) is 0 Å². The molecule has 0 N–H and O–H groups in total. The summed E-state index contributed by atoms with van der Waals surface area (Å²) >= 11 is 3.37. The minimum atomic E-state index is -0.435. The van der Waals surface area contributed by atoms with Gasteiger partial charge in [0.1, 0.15) is 0 Å². The zero-order valence-electron chi connectivity index (χ0n) is 11.6. The zero-order chi connectivity index (χ0) is 15.4. The molecule has 1 heterocycles. The van der Waals surface area contributed by atoms with E-state index in [-0.39, 0.29) is 0 Å². The number of cyclic esters (lactones) is 1. The first-order valence-corrected chi connectivity index (χ1v) is 7.51. The maximum atomic E-state index is 11.8. The van der Waals surface area contributed by atoms with E-state index < -0.39 is 5.97 Å². The van der Waals surface area contributed by atoms with Crippen molar-refractivity contribution in [3.05, 3.63) is 82.0 Å². The topological polar surface area (TPSA) is 38.7 Å². The number of esters is 1. The maximum absolute atomic E-state index is 11.8. The highest BCUT2D eigenvalue weighted by Crippen LogP contribution is 2.18. The van der Waals surface area contributed by atoms with Gasteiger partial charge in [0.2, 0.25) is 5.90 Å². The van der Waals surface area contributed by atoms with Crippen molar-refractivity contribution in [1.29, 1.82) is 0 Å². The SMILES string of the molecule is O=C1OC(/C=C/c2ccccc2)=NC/1=C/c1ccc(Br)cc1. The van der Waals surface area contributed by atoms with Crippen LogP contribution < -0.4 is 0 Å². The van der Waals surface area contributed by atoms with Crippen molar-refractivity contribution in [2.75, 3.05) is 0 Å². The van der Waals surface area contributed by atoms with Crippen LogP contribution in [0, 0.1) is 0 Å². The Balaban J connectivity index is 1.79. The maximum Gasteiger partial charge on any atom is 0.363 e. The number of rotatable bonds is 3. The van der Waals surface area contributed by atoms with Gasteiger partial charge < -0.3 is 4.74 Å². The molecule has 1 aliphatic rings. The molecule has 4 heteroatoms. The minimum Gasteiger partial charge on any atom is -0.403 e. The molecule has 3 nitrogen and oxygen atoms in total.